The number of rotatable bonds is 3. The molecule has 0 bridgehead atoms. The molecule has 6 heteroatoms. The first-order valence-electron chi connectivity index (χ1n) is 6.12. The lowest BCUT2D eigenvalue weighted by atomic mass is 9.97. The van der Waals surface area contributed by atoms with Crippen molar-refractivity contribution < 1.29 is 8.42 Å². The zero-order valence-electron chi connectivity index (χ0n) is 10.5. The predicted molar refractivity (Wildman–Crippen MR) is 71.3 cm³/mol. The van der Waals surface area contributed by atoms with Gasteiger partial charge in [0, 0.05) is 25.5 Å². The van der Waals surface area contributed by atoms with Crippen molar-refractivity contribution in [3.63, 3.8) is 0 Å². The number of sulfone groups is 1. The van der Waals surface area contributed by atoms with Crippen molar-refractivity contribution in [3.05, 3.63) is 18.3 Å². The average molecular weight is 269 g/mol. The molecule has 1 saturated heterocycles. The van der Waals surface area contributed by atoms with Crippen LogP contribution in [0.5, 0.6) is 0 Å². The smallest absolute Gasteiger partial charge is 0.179 e. The standard InChI is InChI=1S/C12H19N3O2S/c1-18(16,17)11-3-2-6-14-12(11)15-7-4-10(9-13)5-8-15/h2-3,6,10H,4-5,7-9,13H2,1H3. The van der Waals surface area contributed by atoms with Crippen molar-refractivity contribution in [2.24, 2.45) is 11.7 Å². The summed E-state index contributed by atoms with van der Waals surface area (Å²) in [6, 6.07) is 3.28. The molecular formula is C12H19N3O2S. The van der Waals surface area contributed by atoms with E-state index in [1.807, 2.05) is 4.90 Å². The van der Waals surface area contributed by atoms with Crippen LogP contribution in [0.25, 0.3) is 0 Å². The average Bonchev–Trinajstić information content (AvgIpc) is 2.38. The maximum atomic E-state index is 11.7. The molecule has 0 unspecified atom stereocenters. The fourth-order valence-corrected chi connectivity index (χ4v) is 3.13. The van der Waals surface area contributed by atoms with Gasteiger partial charge in [-0.15, -0.1) is 0 Å². The number of hydrogen-bond acceptors (Lipinski definition) is 5. The largest absolute Gasteiger partial charge is 0.356 e. The van der Waals surface area contributed by atoms with E-state index in [2.05, 4.69) is 4.98 Å². The molecule has 0 atom stereocenters. The van der Waals surface area contributed by atoms with Crippen molar-refractivity contribution >= 4 is 15.7 Å². The highest BCUT2D eigenvalue weighted by atomic mass is 32.2. The van der Waals surface area contributed by atoms with E-state index in [1.54, 1.807) is 18.3 Å². The monoisotopic (exact) mass is 269 g/mol. The molecule has 2 rings (SSSR count). The number of hydrogen-bond donors (Lipinski definition) is 1. The lowest BCUT2D eigenvalue weighted by Gasteiger charge is -2.33. The van der Waals surface area contributed by atoms with Crippen LogP contribution < -0.4 is 10.6 Å². The number of aromatic nitrogens is 1. The Morgan fingerprint density at radius 2 is 2.11 bits per heavy atom. The first-order chi connectivity index (χ1) is 8.52. The second kappa shape index (κ2) is 5.24. The molecular weight excluding hydrogens is 250 g/mol. The van der Waals surface area contributed by atoms with Gasteiger partial charge in [0.25, 0.3) is 0 Å². The number of nitrogens with two attached hydrogens (primary N) is 1. The van der Waals surface area contributed by atoms with E-state index in [1.165, 1.54) is 6.26 Å². The zero-order chi connectivity index (χ0) is 13.2. The van der Waals surface area contributed by atoms with Crippen LogP contribution in [0, 0.1) is 5.92 Å². The van der Waals surface area contributed by atoms with Gasteiger partial charge in [-0.3, -0.25) is 0 Å². The minimum Gasteiger partial charge on any atom is -0.356 e. The molecule has 0 spiro atoms. The summed E-state index contributed by atoms with van der Waals surface area (Å²) in [6.45, 7) is 2.35. The maximum absolute atomic E-state index is 11.7. The Balaban J connectivity index is 2.25. The van der Waals surface area contributed by atoms with E-state index in [-0.39, 0.29) is 0 Å². The molecule has 2 N–H and O–H groups in total. The third kappa shape index (κ3) is 2.81. The molecule has 1 aromatic heterocycles. The Labute approximate surface area is 108 Å². The highest BCUT2D eigenvalue weighted by molar-refractivity contribution is 7.90. The molecule has 0 saturated carbocycles. The van der Waals surface area contributed by atoms with Gasteiger partial charge in [-0.1, -0.05) is 0 Å². The molecule has 100 valence electrons. The zero-order valence-corrected chi connectivity index (χ0v) is 11.4. The molecule has 0 aliphatic carbocycles. The molecule has 1 fully saturated rings. The fraction of sp³-hybridized carbons (Fsp3) is 0.583. The van der Waals surface area contributed by atoms with E-state index in [0.29, 0.717) is 23.2 Å². The Morgan fingerprint density at radius 3 is 2.67 bits per heavy atom. The third-order valence-electron chi connectivity index (χ3n) is 3.40. The minimum atomic E-state index is -3.23. The Morgan fingerprint density at radius 1 is 1.44 bits per heavy atom. The van der Waals surface area contributed by atoms with Crippen molar-refractivity contribution in [1.29, 1.82) is 0 Å². The highest BCUT2D eigenvalue weighted by Gasteiger charge is 2.23. The van der Waals surface area contributed by atoms with E-state index in [4.69, 9.17) is 5.73 Å². The van der Waals surface area contributed by atoms with Crippen molar-refractivity contribution in [3.8, 4) is 0 Å². The normalized spacial score (nSPS) is 18.0. The van der Waals surface area contributed by atoms with Gasteiger partial charge in [0.1, 0.15) is 10.7 Å². The van der Waals surface area contributed by atoms with E-state index in [9.17, 15) is 8.42 Å². The minimum absolute atomic E-state index is 0.316. The quantitative estimate of drug-likeness (QED) is 0.872. The van der Waals surface area contributed by atoms with Crippen LogP contribution in [-0.4, -0.2) is 39.3 Å². The van der Waals surface area contributed by atoms with Crippen molar-refractivity contribution in [2.45, 2.75) is 17.7 Å². The summed E-state index contributed by atoms with van der Waals surface area (Å²) in [4.78, 5) is 6.60. The van der Waals surface area contributed by atoms with Gasteiger partial charge < -0.3 is 10.6 Å². The number of piperidine rings is 1. The van der Waals surface area contributed by atoms with Gasteiger partial charge in [0.05, 0.1) is 0 Å². The van der Waals surface area contributed by atoms with Gasteiger partial charge in [0.15, 0.2) is 9.84 Å². The summed E-state index contributed by atoms with van der Waals surface area (Å²) in [5.74, 6) is 1.13. The van der Waals surface area contributed by atoms with Crippen molar-refractivity contribution in [1.82, 2.24) is 4.98 Å². The van der Waals surface area contributed by atoms with Crippen LogP contribution in [0.4, 0.5) is 5.82 Å². The van der Waals surface area contributed by atoms with Gasteiger partial charge >= 0.3 is 0 Å². The van der Waals surface area contributed by atoms with Crippen LogP contribution in [0.1, 0.15) is 12.8 Å². The van der Waals surface area contributed by atoms with E-state index in [0.717, 1.165) is 25.9 Å². The fourth-order valence-electron chi connectivity index (χ4n) is 2.29. The summed E-state index contributed by atoms with van der Waals surface area (Å²) in [6.07, 6.45) is 4.85. The number of anilines is 1. The molecule has 1 aliphatic rings. The van der Waals surface area contributed by atoms with Crippen molar-refractivity contribution in [2.75, 3.05) is 30.8 Å². The predicted octanol–water partition coefficient (Wildman–Crippen LogP) is 0.660. The van der Waals surface area contributed by atoms with Crippen LogP contribution in [0.3, 0.4) is 0 Å². The van der Waals surface area contributed by atoms with Crippen LogP contribution in [0.15, 0.2) is 23.2 Å². The molecule has 1 aromatic rings. The van der Waals surface area contributed by atoms with Gasteiger partial charge in [-0.2, -0.15) is 0 Å². The second-order valence-corrected chi connectivity index (χ2v) is 6.75. The lowest BCUT2D eigenvalue weighted by Crippen LogP contribution is -2.37. The summed E-state index contributed by atoms with van der Waals surface area (Å²) in [5.41, 5.74) is 5.66. The van der Waals surface area contributed by atoms with Crippen LogP contribution in [-0.2, 0) is 9.84 Å². The lowest BCUT2D eigenvalue weighted by molar-refractivity contribution is 0.412. The SMILES string of the molecule is CS(=O)(=O)c1cccnc1N1CCC(CN)CC1. The Bertz CT molecular complexity index is 508. The first kappa shape index (κ1) is 13.3. The van der Waals surface area contributed by atoms with Gasteiger partial charge in [0.2, 0.25) is 0 Å². The highest BCUT2D eigenvalue weighted by Crippen LogP contribution is 2.26. The summed E-state index contributed by atoms with van der Waals surface area (Å²) in [5, 5.41) is 0. The third-order valence-corrected chi connectivity index (χ3v) is 4.52. The van der Waals surface area contributed by atoms with Gasteiger partial charge in [-0.05, 0) is 37.4 Å². The summed E-state index contributed by atoms with van der Waals surface area (Å²) >= 11 is 0. The summed E-state index contributed by atoms with van der Waals surface area (Å²) < 4.78 is 23.5. The Kier molecular flexibility index (Phi) is 3.87. The number of nitrogens with zero attached hydrogens (tertiary/aromatic N) is 2. The van der Waals surface area contributed by atoms with E-state index >= 15 is 0 Å². The molecule has 0 radical (unpaired) electrons. The van der Waals surface area contributed by atoms with Crippen LogP contribution >= 0.6 is 0 Å². The molecule has 5 nitrogen and oxygen atoms in total. The Hall–Kier alpha value is -1.14. The molecule has 0 aromatic carbocycles. The molecule has 1 aliphatic heterocycles. The molecule has 18 heavy (non-hydrogen) atoms. The first-order valence-corrected chi connectivity index (χ1v) is 8.01. The molecule has 2 heterocycles. The topological polar surface area (TPSA) is 76.3 Å². The van der Waals surface area contributed by atoms with Crippen LogP contribution in [0.2, 0.25) is 0 Å². The van der Waals surface area contributed by atoms with E-state index < -0.39 is 9.84 Å². The maximum Gasteiger partial charge on any atom is 0.179 e. The summed E-state index contributed by atoms with van der Waals surface area (Å²) in [7, 11) is -3.23. The van der Waals surface area contributed by atoms with Gasteiger partial charge in [-0.25, -0.2) is 13.4 Å². The second-order valence-electron chi connectivity index (χ2n) is 4.76. The number of pyridine rings is 1. The molecule has 0 amide bonds.